The van der Waals surface area contributed by atoms with Gasteiger partial charge in [-0.15, -0.1) is 0 Å². The van der Waals surface area contributed by atoms with E-state index in [0.29, 0.717) is 12.0 Å². The molecule has 2 N–H and O–H groups in total. The first-order chi connectivity index (χ1) is 6.49. The van der Waals surface area contributed by atoms with Gasteiger partial charge in [0.2, 0.25) is 0 Å². The Bertz CT molecular complexity index is 183. The zero-order valence-electron chi connectivity index (χ0n) is 10.1. The molecule has 0 aromatic heterocycles. The minimum Gasteiger partial charge on any atom is -0.389 e. The first-order valence-corrected chi connectivity index (χ1v) is 6.04. The molecule has 0 bridgehead atoms. The average molecular weight is 200 g/mol. The van der Waals surface area contributed by atoms with Gasteiger partial charge in [0, 0.05) is 12.3 Å². The van der Waals surface area contributed by atoms with Gasteiger partial charge in [0.15, 0.2) is 0 Å². The highest BCUT2D eigenvalue weighted by Gasteiger charge is 2.42. The molecule has 1 aliphatic rings. The average Bonchev–Trinajstić information content (AvgIpc) is 2.12. The molecule has 1 aliphatic heterocycles. The molecule has 2 heteroatoms. The van der Waals surface area contributed by atoms with E-state index in [1.807, 2.05) is 0 Å². The number of likely N-dealkylation sites (tertiary alicyclic amines) is 1. The van der Waals surface area contributed by atoms with Gasteiger partial charge in [0.05, 0.1) is 25.2 Å². The van der Waals surface area contributed by atoms with Gasteiger partial charge in [-0.05, 0) is 13.3 Å². The van der Waals surface area contributed by atoms with Crippen LogP contribution in [0.1, 0.15) is 46.5 Å². The minimum atomic E-state index is -0.380. The third-order valence-electron chi connectivity index (χ3n) is 4.01. The SMILES string of the molecule is CCCC[C@@]1(O)C[C@@H](C)[NH+](C)C[C@@H]1C. The smallest absolute Gasteiger partial charge is 0.0872 e. The second-order valence-electron chi connectivity index (χ2n) is 5.26. The molecule has 0 radical (unpaired) electrons. The summed E-state index contributed by atoms with van der Waals surface area (Å²) in [6.07, 6.45) is 4.31. The van der Waals surface area contributed by atoms with Crippen molar-refractivity contribution in [2.24, 2.45) is 5.92 Å². The Kier molecular flexibility index (Phi) is 3.96. The Morgan fingerprint density at radius 2 is 2.07 bits per heavy atom. The second-order valence-corrected chi connectivity index (χ2v) is 5.26. The standard InChI is InChI=1S/C12H25NO/c1-5-6-7-12(14)8-11(3)13(4)9-10(12)2/h10-11,14H,5-9H2,1-4H3/p+1/t10-,11+,12+/m0/s1. The number of unbranched alkanes of at least 4 members (excludes halogenated alkanes) is 1. The predicted molar refractivity (Wildman–Crippen MR) is 59.5 cm³/mol. The maximum Gasteiger partial charge on any atom is 0.0872 e. The van der Waals surface area contributed by atoms with Crippen molar-refractivity contribution in [3.8, 4) is 0 Å². The number of hydrogen-bond donors (Lipinski definition) is 2. The van der Waals surface area contributed by atoms with Gasteiger partial charge >= 0.3 is 0 Å². The lowest BCUT2D eigenvalue weighted by atomic mass is 9.76. The van der Waals surface area contributed by atoms with Crippen LogP contribution in [-0.4, -0.2) is 30.3 Å². The number of rotatable bonds is 3. The molecular formula is C12H26NO+. The predicted octanol–water partition coefficient (Wildman–Crippen LogP) is 0.851. The van der Waals surface area contributed by atoms with Gasteiger partial charge in [-0.25, -0.2) is 0 Å². The molecule has 1 rings (SSSR count). The summed E-state index contributed by atoms with van der Waals surface area (Å²) in [5.41, 5.74) is -0.380. The zero-order chi connectivity index (χ0) is 10.8. The van der Waals surface area contributed by atoms with Crippen molar-refractivity contribution in [3.63, 3.8) is 0 Å². The molecule has 4 atom stereocenters. The lowest BCUT2D eigenvalue weighted by Gasteiger charge is -2.43. The van der Waals surface area contributed by atoms with Crippen molar-refractivity contribution in [2.45, 2.75) is 58.1 Å². The minimum absolute atomic E-state index is 0.380. The van der Waals surface area contributed by atoms with Crippen LogP contribution >= 0.6 is 0 Å². The molecule has 0 saturated carbocycles. The van der Waals surface area contributed by atoms with Gasteiger partial charge < -0.3 is 10.0 Å². The summed E-state index contributed by atoms with van der Waals surface area (Å²) in [6.45, 7) is 7.75. The van der Waals surface area contributed by atoms with Crippen LogP contribution in [0.3, 0.4) is 0 Å². The largest absolute Gasteiger partial charge is 0.389 e. The molecule has 1 saturated heterocycles. The van der Waals surface area contributed by atoms with E-state index in [9.17, 15) is 5.11 Å². The first-order valence-electron chi connectivity index (χ1n) is 6.04. The van der Waals surface area contributed by atoms with Crippen molar-refractivity contribution < 1.29 is 10.0 Å². The van der Waals surface area contributed by atoms with E-state index >= 15 is 0 Å². The maximum atomic E-state index is 10.5. The maximum absolute atomic E-state index is 10.5. The summed E-state index contributed by atoms with van der Waals surface area (Å²) in [4.78, 5) is 1.57. The molecule has 0 aromatic carbocycles. The van der Waals surface area contributed by atoms with Gasteiger partial charge in [-0.3, -0.25) is 0 Å². The summed E-state index contributed by atoms with van der Waals surface area (Å²) in [5.74, 6) is 0.449. The highest BCUT2D eigenvalue weighted by molar-refractivity contribution is 4.88. The van der Waals surface area contributed by atoms with E-state index in [1.54, 1.807) is 4.90 Å². The summed E-state index contributed by atoms with van der Waals surface area (Å²) in [5, 5.41) is 10.5. The second kappa shape index (κ2) is 4.63. The molecule has 0 spiro atoms. The third kappa shape index (κ3) is 2.48. The number of hydrogen-bond acceptors (Lipinski definition) is 1. The summed E-state index contributed by atoms with van der Waals surface area (Å²) in [6, 6.07) is 0.605. The Morgan fingerprint density at radius 3 is 2.64 bits per heavy atom. The van der Waals surface area contributed by atoms with E-state index < -0.39 is 0 Å². The molecule has 0 amide bonds. The Labute approximate surface area is 88.3 Å². The highest BCUT2D eigenvalue weighted by Crippen LogP contribution is 2.29. The van der Waals surface area contributed by atoms with E-state index in [0.717, 1.165) is 25.8 Å². The molecule has 0 aliphatic carbocycles. The monoisotopic (exact) mass is 200 g/mol. The van der Waals surface area contributed by atoms with E-state index in [2.05, 4.69) is 27.8 Å². The van der Waals surface area contributed by atoms with Crippen LogP contribution in [0.15, 0.2) is 0 Å². The highest BCUT2D eigenvalue weighted by atomic mass is 16.3. The Balaban J connectivity index is 2.58. The van der Waals surface area contributed by atoms with Crippen molar-refractivity contribution in [2.75, 3.05) is 13.6 Å². The van der Waals surface area contributed by atoms with Gasteiger partial charge in [-0.2, -0.15) is 0 Å². The molecule has 1 fully saturated rings. The fraction of sp³-hybridized carbons (Fsp3) is 1.00. The zero-order valence-corrected chi connectivity index (χ0v) is 10.1. The lowest BCUT2D eigenvalue weighted by Crippen LogP contribution is -3.15. The first kappa shape index (κ1) is 12.0. The van der Waals surface area contributed by atoms with Crippen LogP contribution in [0.5, 0.6) is 0 Å². The molecule has 1 heterocycles. The van der Waals surface area contributed by atoms with Crippen molar-refractivity contribution in [1.82, 2.24) is 0 Å². The van der Waals surface area contributed by atoms with Gasteiger partial charge in [0.1, 0.15) is 0 Å². The van der Waals surface area contributed by atoms with Crippen LogP contribution in [0, 0.1) is 5.92 Å². The molecule has 14 heavy (non-hydrogen) atoms. The quantitative estimate of drug-likeness (QED) is 0.694. The molecule has 84 valence electrons. The topological polar surface area (TPSA) is 24.7 Å². The van der Waals surface area contributed by atoms with Crippen LogP contribution in [0.4, 0.5) is 0 Å². The summed E-state index contributed by atoms with van der Waals surface area (Å²) in [7, 11) is 2.24. The van der Waals surface area contributed by atoms with Gasteiger partial charge in [-0.1, -0.05) is 26.7 Å². The number of piperidine rings is 1. The number of nitrogens with one attached hydrogen (secondary N) is 1. The van der Waals surface area contributed by atoms with Crippen molar-refractivity contribution in [1.29, 1.82) is 0 Å². The summed E-state index contributed by atoms with van der Waals surface area (Å²) < 4.78 is 0. The van der Waals surface area contributed by atoms with E-state index in [4.69, 9.17) is 0 Å². The van der Waals surface area contributed by atoms with Crippen LogP contribution in [0.25, 0.3) is 0 Å². The lowest BCUT2D eigenvalue weighted by molar-refractivity contribution is -0.916. The Morgan fingerprint density at radius 1 is 1.43 bits per heavy atom. The molecule has 1 unspecified atom stereocenters. The van der Waals surface area contributed by atoms with Crippen LogP contribution < -0.4 is 4.90 Å². The third-order valence-corrected chi connectivity index (χ3v) is 4.01. The number of aliphatic hydroxyl groups is 1. The molecule has 2 nitrogen and oxygen atoms in total. The van der Waals surface area contributed by atoms with Gasteiger partial charge in [0.25, 0.3) is 0 Å². The fourth-order valence-electron chi connectivity index (χ4n) is 2.61. The normalized spacial score (nSPS) is 43.9. The van der Waals surface area contributed by atoms with Crippen LogP contribution in [0.2, 0.25) is 0 Å². The number of quaternary nitrogens is 1. The van der Waals surface area contributed by atoms with Crippen molar-refractivity contribution >= 4 is 0 Å². The van der Waals surface area contributed by atoms with E-state index in [1.165, 1.54) is 6.42 Å². The molecule has 0 aromatic rings. The fourth-order valence-corrected chi connectivity index (χ4v) is 2.61. The van der Waals surface area contributed by atoms with E-state index in [-0.39, 0.29) is 5.60 Å². The van der Waals surface area contributed by atoms with Crippen LogP contribution in [-0.2, 0) is 0 Å². The summed E-state index contributed by atoms with van der Waals surface area (Å²) >= 11 is 0. The molecular weight excluding hydrogens is 174 g/mol. The van der Waals surface area contributed by atoms with Crippen molar-refractivity contribution in [3.05, 3.63) is 0 Å². The Hall–Kier alpha value is -0.0800.